The predicted molar refractivity (Wildman–Crippen MR) is 94.5 cm³/mol. The number of piperidine rings is 1. The highest BCUT2D eigenvalue weighted by molar-refractivity contribution is 5.11. The van der Waals surface area contributed by atoms with Crippen LogP contribution in [0.2, 0.25) is 0 Å². The third kappa shape index (κ3) is 3.21. The highest BCUT2D eigenvalue weighted by Crippen LogP contribution is 2.66. The van der Waals surface area contributed by atoms with Crippen molar-refractivity contribution >= 4 is 0 Å². The number of fused-ring (bicyclic) bond motifs is 2. The monoisotopic (exact) mass is 323 g/mol. The smallest absolute Gasteiger partial charge is 0.0689 e. The SMILES string of the molecule is C[C@@H]1CCCCN1C[C@H](O)CCO[C@@H]1C[C@H]2CC[C@@]1(C)C2(C)C. The molecule has 3 rings (SSSR count). The van der Waals surface area contributed by atoms with Crippen LogP contribution in [0.5, 0.6) is 0 Å². The van der Waals surface area contributed by atoms with E-state index in [0.29, 0.717) is 29.6 Å². The lowest BCUT2D eigenvalue weighted by Crippen LogP contribution is -2.42. The molecule has 0 aromatic heterocycles. The Morgan fingerprint density at radius 2 is 2.00 bits per heavy atom. The number of ether oxygens (including phenoxy) is 1. The van der Waals surface area contributed by atoms with Crippen LogP contribution < -0.4 is 0 Å². The molecule has 5 atom stereocenters. The fourth-order valence-electron chi connectivity index (χ4n) is 5.52. The van der Waals surface area contributed by atoms with Crippen molar-refractivity contribution in [2.75, 3.05) is 19.7 Å². The van der Waals surface area contributed by atoms with Crippen molar-refractivity contribution in [2.45, 2.75) is 90.9 Å². The standard InChI is InChI=1S/C20H37NO2/c1-15-7-5-6-11-21(15)14-17(22)9-12-23-18-13-16-8-10-20(18,4)19(16,2)3/h15-18,22H,5-14H2,1-4H3/t15-,16-,17-,18-,20-/m1/s1. The fourth-order valence-corrected chi connectivity index (χ4v) is 5.52. The molecule has 0 spiro atoms. The number of nitrogens with zero attached hydrogens (tertiary/aromatic N) is 1. The normalized spacial score (nSPS) is 41.3. The lowest BCUT2D eigenvalue weighted by Gasteiger charge is -2.39. The molecular weight excluding hydrogens is 286 g/mol. The number of aliphatic hydroxyl groups is 1. The Hall–Kier alpha value is -0.120. The highest BCUT2D eigenvalue weighted by Gasteiger charge is 2.61. The molecule has 0 aromatic rings. The maximum atomic E-state index is 10.4. The molecule has 0 radical (unpaired) electrons. The zero-order chi connectivity index (χ0) is 16.7. The van der Waals surface area contributed by atoms with E-state index >= 15 is 0 Å². The molecular formula is C20H37NO2. The van der Waals surface area contributed by atoms with E-state index in [1.54, 1.807) is 0 Å². The van der Waals surface area contributed by atoms with Crippen molar-refractivity contribution in [1.82, 2.24) is 4.90 Å². The Bertz CT molecular complexity index is 410. The van der Waals surface area contributed by atoms with Crippen LogP contribution in [0.4, 0.5) is 0 Å². The second-order valence-electron chi connectivity index (χ2n) is 9.25. The van der Waals surface area contributed by atoms with E-state index in [4.69, 9.17) is 4.74 Å². The molecule has 2 saturated carbocycles. The van der Waals surface area contributed by atoms with Gasteiger partial charge < -0.3 is 9.84 Å². The summed E-state index contributed by atoms with van der Waals surface area (Å²) in [7, 11) is 0. The average molecular weight is 324 g/mol. The molecule has 0 aromatic carbocycles. The first-order chi connectivity index (χ1) is 10.8. The van der Waals surface area contributed by atoms with Crippen LogP contribution in [-0.2, 0) is 4.74 Å². The summed E-state index contributed by atoms with van der Waals surface area (Å²) < 4.78 is 6.28. The Balaban J connectivity index is 1.42. The molecule has 1 aliphatic heterocycles. The van der Waals surface area contributed by atoms with Gasteiger partial charge in [-0.15, -0.1) is 0 Å². The Morgan fingerprint density at radius 3 is 2.61 bits per heavy atom. The van der Waals surface area contributed by atoms with E-state index in [-0.39, 0.29) is 6.10 Å². The van der Waals surface area contributed by atoms with Gasteiger partial charge in [0.25, 0.3) is 0 Å². The molecule has 2 bridgehead atoms. The summed E-state index contributed by atoms with van der Waals surface area (Å²) in [6.07, 6.45) is 8.75. The van der Waals surface area contributed by atoms with E-state index < -0.39 is 0 Å². The number of hydrogen-bond donors (Lipinski definition) is 1. The predicted octanol–water partition coefficient (Wildman–Crippen LogP) is 3.84. The zero-order valence-corrected chi connectivity index (χ0v) is 15.7. The number of hydrogen-bond acceptors (Lipinski definition) is 3. The zero-order valence-electron chi connectivity index (χ0n) is 15.7. The van der Waals surface area contributed by atoms with Crippen LogP contribution >= 0.6 is 0 Å². The van der Waals surface area contributed by atoms with E-state index in [0.717, 1.165) is 25.4 Å². The summed E-state index contributed by atoms with van der Waals surface area (Å²) in [6, 6.07) is 0.629. The maximum absolute atomic E-state index is 10.4. The first-order valence-electron chi connectivity index (χ1n) is 9.88. The lowest BCUT2D eigenvalue weighted by atomic mass is 9.70. The third-order valence-electron chi connectivity index (χ3n) is 7.87. The van der Waals surface area contributed by atoms with Crippen molar-refractivity contribution in [2.24, 2.45) is 16.7 Å². The van der Waals surface area contributed by atoms with Gasteiger partial charge >= 0.3 is 0 Å². The van der Waals surface area contributed by atoms with Crippen molar-refractivity contribution in [3.05, 3.63) is 0 Å². The van der Waals surface area contributed by atoms with Crippen LogP contribution in [0.15, 0.2) is 0 Å². The first kappa shape index (κ1) is 17.7. The first-order valence-corrected chi connectivity index (χ1v) is 9.88. The Morgan fingerprint density at radius 1 is 1.22 bits per heavy atom. The summed E-state index contributed by atoms with van der Waals surface area (Å²) in [5.41, 5.74) is 0.753. The van der Waals surface area contributed by atoms with Gasteiger partial charge in [0.2, 0.25) is 0 Å². The molecule has 2 aliphatic carbocycles. The van der Waals surface area contributed by atoms with Crippen molar-refractivity contribution in [3.63, 3.8) is 0 Å². The van der Waals surface area contributed by atoms with E-state index in [1.807, 2.05) is 0 Å². The molecule has 1 saturated heterocycles. The summed E-state index contributed by atoms with van der Waals surface area (Å²) in [5.74, 6) is 0.830. The molecule has 3 heteroatoms. The maximum Gasteiger partial charge on any atom is 0.0689 e. The van der Waals surface area contributed by atoms with Crippen LogP contribution in [0.1, 0.15) is 72.6 Å². The quantitative estimate of drug-likeness (QED) is 0.806. The van der Waals surface area contributed by atoms with Gasteiger partial charge in [-0.1, -0.05) is 27.2 Å². The van der Waals surface area contributed by atoms with Gasteiger partial charge in [0, 0.05) is 19.2 Å². The second-order valence-corrected chi connectivity index (χ2v) is 9.25. The minimum Gasteiger partial charge on any atom is -0.392 e. The Labute approximate surface area is 142 Å². The van der Waals surface area contributed by atoms with Gasteiger partial charge in [-0.2, -0.15) is 0 Å². The summed E-state index contributed by atoms with van der Waals surface area (Å²) in [5, 5.41) is 10.4. The van der Waals surface area contributed by atoms with Gasteiger partial charge in [0.1, 0.15) is 0 Å². The average Bonchev–Trinajstić information content (AvgIpc) is 2.83. The van der Waals surface area contributed by atoms with Crippen LogP contribution in [0, 0.1) is 16.7 Å². The molecule has 1 heterocycles. The number of rotatable bonds is 6. The molecule has 23 heavy (non-hydrogen) atoms. The van der Waals surface area contributed by atoms with Crippen LogP contribution in [0.25, 0.3) is 0 Å². The topological polar surface area (TPSA) is 32.7 Å². The van der Waals surface area contributed by atoms with Crippen molar-refractivity contribution in [3.8, 4) is 0 Å². The minimum absolute atomic E-state index is 0.241. The highest BCUT2D eigenvalue weighted by atomic mass is 16.5. The van der Waals surface area contributed by atoms with Crippen molar-refractivity contribution in [1.29, 1.82) is 0 Å². The molecule has 134 valence electrons. The van der Waals surface area contributed by atoms with E-state index in [9.17, 15) is 5.11 Å². The van der Waals surface area contributed by atoms with Gasteiger partial charge in [0.15, 0.2) is 0 Å². The van der Waals surface area contributed by atoms with Gasteiger partial charge in [-0.3, -0.25) is 4.90 Å². The summed E-state index contributed by atoms with van der Waals surface area (Å²) in [4.78, 5) is 2.45. The molecule has 3 fully saturated rings. The minimum atomic E-state index is -0.241. The molecule has 1 N–H and O–H groups in total. The van der Waals surface area contributed by atoms with Crippen LogP contribution in [-0.4, -0.2) is 48.0 Å². The molecule has 3 nitrogen and oxygen atoms in total. The molecule has 3 aliphatic rings. The van der Waals surface area contributed by atoms with E-state index in [1.165, 1.54) is 38.5 Å². The van der Waals surface area contributed by atoms with E-state index in [2.05, 4.69) is 32.6 Å². The fraction of sp³-hybridized carbons (Fsp3) is 1.00. The number of β-amino-alcohol motifs (C(OH)–C–C–N with tert-alkyl or cyclic N) is 1. The summed E-state index contributed by atoms with van der Waals surface area (Å²) in [6.45, 7) is 12.3. The Kier molecular flexibility index (Phi) is 5.11. The van der Waals surface area contributed by atoms with Crippen LogP contribution in [0.3, 0.4) is 0 Å². The number of likely N-dealkylation sites (tertiary alicyclic amines) is 1. The van der Waals surface area contributed by atoms with Gasteiger partial charge in [-0.05, 0) is 68.7 Å². The lowest BCUT2D eigenvalue weighted by molar-refractivity contribution is -0.0574. The second kappa shape index (κ2) is 6.65. The number of aliphatic hydroxyl groups excluding tert-OH is 1. The van der Waals surface area contributed by atoms with Crippen molar-refractivity contribution < 1.29 is 9.84 Å². The largest absolute Gasteiger partial charge is 0.392 e. The summed E-state index contributed by atoms with van der Waals surface area (Å²) >= 11 is 0. The van der Waals surface area contributed by atoms with Gasteiger partial charge in [0.05, 0.1) is 12.2 Å². The molecule has 0 amide bonds. The van der Waals surface area contributed by atoms with Gasteiger partial charge in [-0.25, -0.2) is 0 Å². The molecule has 0 unspecified atom stereocenters. The third-order valence-corrected chi connectivity index (χ3v) is 7.87.